The number of aryl methyl sites for hydroxylation is 1. The van der Waals surface area contributed by atoms with Crippen LogP contribution >= 0.6 is 0 Å². The first kappa shape index (κ1) is 27.2. The number of hydrogen-bond acceptors (Lipinski definition) is 5. The van der Waals surface area contributed by atoms with Crippen molar-refractivity contribution in [3.63, 3.8) is 0 Å². The van der Waals surface area contributed by atoms with Crippen LogP contribution in [0.1, 0.15) is 37.8 Å². The number of rotatable bonds is 12. The van der Waals surface area contributed by atoms with E-state index in [1.165, 1.54) is 4.90 Å². The molecule has 1 atom stereocenters. The summed E-state index contributed by atoms with van der Waals surface area (Å²) in [6, 6.07) is 13.3. The van der Waals surface area contributed by atoms with Gasteiger partial charge in [0, 0.05) is 13.1 Å². The van der Waals surface area contributed by atoms with Gasteiger partial charge in [0.2, 0.25) is 21.8 Å². The molecule has 34 heavy (non-hydrogen) atoms. The van der Waals surface area contributed by atoms with Crippen LogP contribution in [-0.4, -0.2) is 57.6 Å². The molecule has 2 aromatic rings. The molecule has 0 unspecified atom stereocenters. The Hall–Kier alpha value is -3.07. The molecule has 0 heterocycles. The lowest BCUT2D eigenvalue weighted by atomic mass is 10.1. The van der Waals surface area contributed by atoms with Crippen LogP contribution < -0.4 is 14.4 Å². The fraction of sp³-hybridized carbons (Fsp3) is 0.440. The third-order valence-corrected chi connectivity index (χ3v) is 6.63. The average Bonchev–Trinajstić information content (AvgIpc) is 2.80. The molecule has 0 saturated heterocycles. The van der Waals surface area contributed by atoms with Gasteiger partial charge in [-0.1, -0.05) is 43.2 Å². The summed E-state index contributed by atoms with van der Waals surface area (Å²) in [5.41, 5.74) is 2.13. The van der Waals surface area contributed by atoms with Gasteiger partial charge >= 0.3 is 0 Å². The number of methoxy groups -OCH3 is 1. The second-order valence-electron chi connectivity index (χ2n) is 8.30. The fourth-order valence-electron chi connectivity index (χ4n) is 3.41. The third-order valence-electron chi connectivity index (χ3n) is 5.49. The second kappa shape index (κ2) is 12.4. The van der Waals surface area contributed by atoms with E-state index in [0.717, 1.165) is 34.5 Å². The monoisotopic (exact) mass is 489 g/mol. The minimum atomic E-state index is -3.74. The molecule has 1 N–H and O–H groups in total. The van der Waals surface area contributed by atoms with Crippen molar-refractivity contribution in [1.82, 2.24) is 10.2 Å². The number of sulfonamides is 1. The Morgan fingerprint density at radius 2 is 1.79 bits per heavy atom. The molecular weight excluding hydrogens is 454 g/mol. The summed E-state index contributed by atoms with van der Waals surface area (Å²) in [7, 11) is -2.19. The molecule has 186 valence electrons. The van der Waals surface area contributed by atoms with Gasteiger partial charge in [0.15, 0.2) is 0 Å². The molecule has 0 aliphatic carbocycles. The molecule has 0 aliphatic heterocycles. The Bertz CT molecular complexity index is 1070. The normalized spacial score (nSPS) is 12.0. The van der Waals surface area contributed by atoms with Crippen molar-refractivity contribution in [2.45, 2.75) is 46.2 Å². The number of nitrogens with zero attached hydrogens (tertiary/aromatic N) is 2. The lowest BCUT2D eigenvalue weighted by Crippen LogP contribution is -2.51. The zero-order valence-corrected chi connectivity index (χ0v) is 21.4. The minimum absolute atomic E-state index is 0.129. The Kier molecular flexibility index (Phi) is 9.92. The van der Waals surface area contributed by atoms with Gasteiger partial charge in [0.05, 0.1) is 19.1 Å². The summed E-state index contributed by atoms with van der Waals surface area (Å²) < 4.78 is 31.4. The largest absolute Gasteiger partial charge is 0.497 e. The molecule has 2 rings (SSSR count). The summed E-state index contributed by atoms with van der Waals surface area (Å²) in [4.78, 5) is 27.7. The molecule has 0 aliphatic rings. The van der Waals surface area contributed by atoms with Crippen molar-refractivity contribution < 1.29 is 22.7 Å². The molecule has 2 amide bonds. The quantitative estimate of drug-likeness (QED) is 0.462. The number of carbonyl (C=O) groups excluding carboxylic acids is 2. The van der Waals surface area contributed by atoms with Crippen LogP contribution in [0.4, 0.5) is 5.69 Å². The first-order valence-corrected chi connectivity index (χ1v) is 13.2. The van der Waals surface area contributed by atoms with Gasteiger partial charge in [-0.05, 0) is 50.1 Å². The first-order chi connectivity index (χ1) is 16.1. The van der Waals surface area contributed by atoms with Crippen molar-refractivity contribution in [1.29, 1.82) is 0 Å². The van der Waals surface area contributed by atoms with Crippen LogP contribution in [0.5, 0.6) is 5.75 Å². The van der Waals surface area contributed by atoms with Crippen LogP contribution in [0.3, 0.4) is 0 Å². The molecule has 0 spiro atoms. The fourth-order valence-corrected chi connectivity index (χ4v) is 4.26. The minimum Gasteiger partial charge on any atom is -0.497 e. The number of carbonyl (C=O) groups is 2. The number of unbranched alkanes of at least 4 members (excludes halogenated alkanes) is 1. The van der Waals surface area contributed by atoms with Crippen molar-refractivity contribution in [3.05, 3.63) is 59.7 Å². The van der Waals surface area contributed by atoms with Crippen molar-refractivity contribution in [2.24, 2.45) is 0 Å². The molecule has 0 bridgehead atoms. The number of amides is 2. The van der Waals surface area contributed by atoms with Gasteiger partial charge in [-0.3, -0.25) is 13.9 Å². The predicted molar refractivity (Wildman–Crippen MR) is 134 cm³/mol. The van der Waals surface area contributed by atoms with E-state index in [2.05, 4.69) is 5.32 Å². The number of nitrogens with one attached hydrogen (secondary N) is 1. The van der Waals surface area contributed by atoms with Crippen LogP contribution in [0.15, 0.2) is 48.5 Å². The highest BCUT2D eigenvalue weighted by molar-refractivity contribution is 7.92. The van der Waals surface area contributed by atoms with Crippen molar-refractivity contribution >= 4 is 27.5 Å². The molecule has 8 nitrogen and oxygen atoms in total. The standard InChI is InChI=1S/C25H35N3O5S/c1-6-7-15-26-25(30)20(3)27(17-21-9-8-10-23(16-21)33-4)24(29)18-28(34(5,31)32)22-13-11-19(2)12-14-22/h8-14,16,20H,6-7,15,17-18H2,1-5H3,(H,26,30)/t20-/m1/s1. The van der Waals surface area contributed by atoms with Gasteiger partial charge in [-0.15, -0.1) is 0 Å². The predicted octanol–water partition coefficient (Wildman–Crippen LogP) is 3.10. The third kappa shape index (κ3) is 7.76. The van der Waals surface area contributed by atoms with Crippen LogP contribution in [0.2, 0.25) is 0 Å². The Morgan fingerprint density at radius 3 is 2.38 bits per heavy atom. The number of hydrogen-bond donors (Lipinski definition) is 1. The maximum Gasteiger partial charge on any atom is 0.244 e. The van der Waals surface area contributed by atoms with Gasteiger partial charge in [-0.2, -0.15) is 0 Å². The number of benzene rings is 2. The summed E-state index contributed by atoms with van der Waals surface area (Å²) in [5.74, 6) is -0.139. The second-order valence-corrected chi connectivity index (χ2v) is 10.2. The Morgan fingerprint density at radius 1 is 1.12 bits per heavy atom. The maximum atomic E-state index is 13.5. The zero-order chi connectivity index (χ0) is 25.3. The van der Waals surface area contributed by atoms with E-state index in [0.29, 0.717) is 18.0 Å². The van der Waals surface area contributed by atoms with Gasteiger partial charge in [0.25, 0.3) is 0 Å². The highest BCUT2D eigenvalue weighted by atomic mass is 32.2. The van der Waals surface area contributed by atoms with Crippen LogP contribution in [0.25, 0.3) is 0 Å². The molecule has 0 radical (unpaired) electrons. The van der Waals surface area contributed by atoms with E-state index >= 15 is 0 Å². The van der Waals surface area contributed by atoms with E-state index in [9.17, 15) is 18.0 Å². The van der Waals surface area contributed by atoms with E-state index in [1.807, 2.05) is 19.9 Å². The number of ether oxygens (including phenoxy) is 1. The van der Waals surface area contributed by atoms with E-state index < -0.39 is 28.5 Å². The molecular formula is C25H35N3O5S. The summed E-state index contributed by atoms with van der Waals surface area (Å²) >= 11 is 0. The zero-order valence-electron chi connectivity index (χ0n) is 20.6. The van der Waals surface area contributed by atoms with E-state index in [4.69, 9.17) is 4.74 Å². The van der Waals surface area contributed by atoms with Gasteiger partial charge in [0.1, 0.15) is 18.3 Å². The lowest BCUT2D eigenvalue weighted by molar-refractivity contribution is -0.139. The molecule has 0 aromatic heterocycles. The Labute approximate surface area is 202 Å². The van der Waals surface area contributed by atoms with Gasteiger partial charge < -0.3 is 15.0 Å². The summed E-state index contributed by atoms with van der Waals surface area (Å²) in [6.07, 6.45) is 2.83. The van der Waals surface area contributed by atoms with Crippen LogP contribution in [-0.2, 0) is 26.2 Å². The Balaban J connectivity index is 2.35. The maximum absolute atomic E-state index is 13.5. The lowest BCUT2D eigenvalue weighted by Gasteiger charge is -2.31. The number of anilines is 1. The SMILES string of the molecule is CCCCNC(=O)[C@@H](C)N(Cc1cccc(OC)c1)C(=O)CN(c1ccc(C)cc1)S(C)(=O)=O. The molecule has 0 saturated carbocycles. The molecule has 9 heteroatoms. The highest BCUT2D eigenvalue weighted by Crippen LogP contribution is 2.20. The summed E-state index contributed by atoms with van der Waals surface area (Å²) in [6.45, 7) is 5.80. The topological polar surface area (TPSA) is 96.0 Å². The van der Waals surface area contributed by atoms with Crippen molar-refractivity contribution in [3.8, 4) is 5.75 Å². The first-order valence-electron chi connectivity index (χ1n) is 11.3. The molecule has 0 fully saturated rings. The average molecular weight is 490 g/mol. The van der Waals surface area contributed by atoms with Crippen LogP contribution in [0, 0.1) is 6.92 Å². The summed E-state index contributed by atoms with van der Waals surface area (Å²) in [5, 5.41) is 2.86. The van der Waals surface area contributed by atoms with E-state index in [-0.39, 0.29) is 12.5 Å². The smallest absolute Gasteiger partial charge is 0.244 e. The van der Waals surface area contributed by atoms with E-state index in [1.54, 1.807) is 56.5 Å². The highest BCUT2D eigenvalue weighted by Gasteiger charge is 2.30. The van der Waals surface area contributed by atoms with Gasteiger partial charge in [-0.25, -0.2) is 8.42 Å². The van der Waals surface area contributed by atoms with Crippen molar-refractivity contribution in [2.75, 3.05) is 30.8 Å². The molecule has 2 aromatic carbocycles.